The minimum atomic E-state index is -0.633. The van der Waals surface area contributed by atoms with Crippen molar-refractivity contribution < 1.29 is 9.90 Å². The Labute approximate surface area is 137 Å². The lowest BCUT2D eigenvalue weighted by Crippen LogP contribution is -2.34. The van der Waals surface area contributed by atoms with Gasteiger partial charge in [0.15, 0.2) is 0 Å². The third-order valence-electron chi connectivity index (χ3n) is 4.24. The van der Waals surface area contributed by atoms with Gasteiger partial charge >= 0.3 is 0 Å². The van der Waals surface area contributed by atoms with Crippen molar-refractivity contribution in [3.8, 4) is 5.69 Å². The number of carbonyl (C=O) groups excluding carboxylic acids is 1. The molecule has 0 unspecified atom stereocenters. The molecule has 120 valence electrons. The van der Waals surface area contributed by atoms with Crippen LogP contribution < -0.4 is 5.32 Å². The lowest BCUT2D eigenvalue weighted by Gasteiger charge is -2.19. The van der Waals surface area contributed by atoms with Gasteiger partial charge in [-0.2, -0.15) is 4.68 Å². The first-order chi connectivity index (χ1) is 11.7. The summed E-state index contributed by atoms with van der Waals surface area (Å²) >= 11 is 0. The summed E-state index contributed by atoms with van der Waals surface area (Å²) in [5.41, 5.74) is 3.05. The van der Waals surface area contributed by atoms with Crippen molar-refractivity contribution in [3.63, 3.8) is 0 Å². The molecule has 0 spiro atoms. The van der Waals surface area contributed by atoms with Gasteiger partial charge in [-0.25, -0.2) is 0 Å². The number of aliphatic hydroxyl groups is 1. The summed E-state index contributed by atoms with van der Waals surface area (Å²) in [6, 6.07) is 14.4. The minimum absolute atomic E-state index is 0.276. The number of benzene rings is 2. The first kappa shape index (κ1) is 14.5. The van der Waals surface area contributed by atoms with Crippen LogP contribution in [0.4, 0.5) is 0 Å². The fourth-order valence-electron chi connectivity index (χ4n) is 3.10. The molecular formula is C17H15N5O2. The molecule has 0 aliphatic heterocycles. The van der Waals surface area contributed by atoms with Crippen molar-refractivity contribution in [2.45, 2.75) is 18.6 Å². The Morgan fingerprint density at radius 1 is 1.17 bits per heavy atom. The van der Waals surface area contributed by atoms with E-state index in [1.165, 1.54) is 11.0 Å². The van der Waals surface area contributed by atoms with Gasteiger partial charge < -0.3 is 10.4 Å². The molecule has 24 heavy (non-hydrogen) atoms. The number of tetrazole rings is 1. The summed E-state index contributed by atoms with van der Waals surface area (Å²) in [7, 11) is 0. The molecule has 4 rings (SSSR count). The number of amides is 1. The highest BCUT2D eigenvalue weighted by Gasteiger charge is 2.32. The number of aromatic nitrogens is 4. The Morgan fingerprint density at radius 2 is 1.96 bits per heavy atom. The van der Waals surface area contributed by atoms with Crippen molar-refractivity contribution in [2.75, 3.05) is 0 Å². The summed E-state index contributed by atoms with van der Waals surface area (Å²) in [4.78, 5) is 12.8. The third kappa shape index (κ3) is 2.44. The SMILES string of the molecule is O=C(N[C@@H]1c2ccccc2C[C@@H]1O)c1ccccc1-n1cnnn1. The van der Waals surface area contributed by atoms with Crippen LogP contribution in [0.3, 0.4) is 0 Å². The average Bonchev–Trinajstić information content (AvgIpc) is 3.24. The highest BCUT2D eigenvalue weighted by molar-refractivity contribution is 5.98. The van der Waals surface area contributed by atoms with Crippen LogP contribution in [0.15, 0.2) is 54.9 Å². The molecule has 1 amide bonds. The molecule has 0 saturated heterocycles. The number of fused-ring (bicyclic) bond motifs is 1. The number of carbonyl (C=O) groups is 1. The fourth-order valence-corrected chi connectivity index (χ4v) is 3.10. The molecule has 2 aromatic carbocycles. The largest absolute Gasteiger partial charge is 0.390 e. The van der Waals surface area contributed by atoms with E-state index >= 15 is 0 Å². The van der Waals surface area contributed by atoms with Crippen LogP contribution >= 0.6 is 0 Å². The van der Waals surface area contributed by atoms with E-state index in [9.17, 15) is 9.90 Å². The van der Waals surface area contributed by atoms with E-state index in [1.807, 2.05) is 30.3 Å². The molecule has 0 fully saturated rings. The van der Waals surface area contributed by atoms with Crippen LogP contribution in [0.5, 0.6) is 0 Å². The molecule has 1 heterocycles. The van der Waals surface area contributed by atoms with Crippen LogP contribution in [0.25, 0.3) is 5.69 Å². The van der Waals surface area contributed by atoms with Gasteiger partial charge in [0, 0.05) is 6.42 Å². The standard InChI is InChI=1S/C17H15N5O2/c23-15-9-11-5-1-2-6-12(11)16(15)19-17(24)13-7-3-4-8-14(13)22-10-18-20-21-22/h1-8,10,15-16,23H,9H2,(H,19,24)/t15-,16+/m0/s1. The molecule has 3 aromatic rings. The van der Waals surface area contributed by atoms with E-state index < -0.39 is 12.1 Å². The number of nitrogens with zero attached hydrogens (tertiary/aromatic N) is 4. The van der Waals surface area contributed by atoms with Gasteiger partial charge in [0.1, 0.15) is 6.33 Å². The second kappa shape index (κ2) is 5.86. The third-order valence-corrected chi connectivity index (χ3v) is 4.24. The van der Waals surface area contributed by atoms with Crippen LogP contribution in [-0.2, 0) is 6.42 Å². The van der Waals surface area contributed by atoms with Crippen molar-refractivity contribution in [1.82, 2.24) is 25.5 Å². The van der Waals surface area contributed by atoms with Gasteiger partial charge in [0.2, 0.25) is 0 Å². The molecular weight excluding hydrogens is 306 g/mol. The lowest BCUT2D eigenvalue weighted by atomic mass is 10.1. The van der Waals surface area contributed by atoms with Gasteiger partial charge in [-0.15, -0.1) is 5.10 Å². The number of aliphatic hydroxyl groups excluding tert-OH is 1. The van der Waals surface area contributed by atoms with E-state index in [2.05, 4.69) is 20.8 Å². The Hall–Kier alpha value is -3.06. The predicted molar refractivity (Wildman–Crippen MR) is 85.5 cm³/mol. The summed E-state index contributed by atoms with van der Waals surface area (Å²) in [5, 5.41) is 24.3. The molecule has 0 bridgehead atoms. The van der Waals surface area contributed by atoms with Crippen LogP contribution in [0, 0.1) is 0 Å². The number of hydrogen-bond acceptors (Lipinski definition) is 5. The maximum atomic E-state index is 12.8. The maximum Gasteiger partial charge on any atom is 0.254 e. The summed E-state index contributed by atoms with van der Waals surface area (Å²) < 4.78 is 1.44. The second-order valence-corrected chi connectivity index (χ2v) is 5.69. The zero-order chi connectivity index (χ0) is 16.5. The highest BCUT2D eigenvalue weighted by atomic mass is 16.3. The van der Waals surface area contributed by atoms with Gasteiger partial charge in [-0.1, -0.05) is 36.4 Å². The molecule has 2 N–H and O–H groups in total. The van der Waals surface area contributed by atoms with Crippen molar-refractivity contribution >= 4 is 5.91 Å². The van der Waals surface area contributed by atoms with Crippen molar-refractivity contribution in [2.24, 2.45) is 0 Å². The molecule has 1 aliphatic carbocycles. The van der Waals surface area contributed by atoms with Gasteiger partial charge in [-0.05, 0) is 33.7 Å². The topological polar surface area (TPSA) is 92.9 Å². The van der Waals surface area contributed by atoms with E-state index in [1.54, 1.807) is 18.2 Å². The molecule has 7 nitrogen and oxygen atoms in total. The Balaban J connectivity index is 1.64. The minimum Gasteiger partial charge on any atom is -0.390 e. The molecule has 1 aliphatic rings. The number of hydrogen-bond donors (Lipinski definition) is 2. The number of rotatable bonds is 3. The van der Waals surface area contributed by atoms with Gasteiger partial charge in [0.25, 0.3) is 5.91 Å². The summed E-state index contributed by atoms with van der Waals surface area (Å²) in [6.07, 6.45) is 1.34. The van der Waals surface area contributed by atoms with E-state index in [-0.39, 0.29) is 5.91 Å². The normalized spacial score (nSPS) is 19.0. The molecule has 0 radical (unpaired) electrons. The molecule has 2 atom stereocenters. The smallest absolute Gasteiger partial charge is 0.254 e. The summed E-state index contributed by atoms with van der Waals surface area (Å²) in [5.74, 6) is -0.276. The van der Waals surface area contributed by atoms with Crippen LogP contribution in [-0.4, -0.2) is 37.3 Å². The average molecular weight is 321 g/mol. The number of para-hydroxylation sites is 1. The zero-order valence-electron chi connectivity index (χ0n) is 12.7. The first-order valence-corrected chi connectivity index (χ1v) is 7.63. The first-order valence-electron chi connectivity index (χ1n) is 7.63. The number of nitrogens with one attached hydrogen (secondary N) is 1. The fraction of sp³-hybridized carbons (Fsp3) is 0.176. The predicted octanol–water partition coefficient (Wildman–Crippen LogP) is 1.05. The van der Waals surface area contributed by atoms with Gasteiger partial charge in [-0.3, -0.25) is 4.79 Å². The van der Waals surface area contributed by atoms with Crippen LogP contribution in [0.1, 0.15) is 27.5 Å². The van der Waals surface area contributed by atoms with E-state index in [0.29, 0.717) is 17.7 Å². The van der Waals surface area contributed by atoms with Crippen LogP contribution in [0.2, 0.25) is 0 Å². The molecule has 0 saturated carbocycles. The molecule has 7 heteroatoms. The Kier molecular flexibility index (Phi) is 3.55. The van der Waals surface area contributed by atoms with E-state index in [0.717, 1.165) is 11.1 Å². The van der Waals surface area contributed by atoms with Crippen molar-refractivity contribution in [3.05, 3.63) is 71.5 Å². The quantitative estimate of drug-likeness (QED) is 0.752. The highest BCUT2D eigenvalue weighted by Crippen LogP contribution is 2.31. The monoisotopic (exact) mass is 321 g/mol. The maximum absolute atomic E-state index is 12.8. The van der Waals surface area contributed by atoms with Crippen molar-refractivity contribution in [1.29, 1.82) is 0 Å². The Bertz CT molecular complexity index is 878. The van der Waals surface area contributed by atoms with E-state index in [4.69, 9.17) is 0 Å². The lowest BCUT2D eigenvalue weighted by molar-refractivity contribution is 0.0858. The molecule has 1 aromatic heterocycles. The zero-order valence-corrected chi connectivity index (χ0v) is 12.7. The van der Waals surface area contributed by atoms with Gasteiger partial charge in [0.05, 0.1) is 23.4 Å². The summed E-state index contributed by atoms with van der Waals surface area (Å²) in [6.45, 7) is 0. The Morgan fingerprint density at radius 3 is 2.79 bits per heavy atom. The second-order valence-electron chi connectivity index (χ2n) is 5.69.